The molecule has 2 aromatic rings. The van der Waals surface area contributed by atoms with E-state index in [1.54, 1.807) is 18.5 Å². The molecule has 0 saturated carbocycles. The minimum absolute atomic E-state index is 0.0556. The third-order valence-corrected chi connectivity index (χ3v) is 4.38. The van der Waals surface area contributed by atoms with E-state index in [1.165, 1.54) is 24.4 Å². The molecular formula is C12H12ClN3O4S. The van der Waals surface area contributed by atoms with Crippen LogP contribution in [-0.4, -0.2) is 29.0 Å². The van der Waals surface area contributed by atoms with E-state index in [0.29, 0.717) is 5.82 Å². The summed E-state index contributed by atoms with van der Waals surface area (Å²) in [5.74, 6) is -0.810. The standard InChI is InChI=1S/C12H12ClN3O4S/c1-7-14-10(6-16(7)2)21(19,20)15-9-5-3-4-8(13)11(9)12(17)18/h3-6,15H,1-2H3,(H,17,18). The maximum absolute atomic E-state index is 12.2. The molecule has 0 bridgehead atoms. The Morgan fingerprint density at radius 2 is 2.10 bits per heavy atom. The second-order valence-electron chi connectivity index (χ2n) is 4.31. The third kappa shape index (κ3) is 3.01. The molecule has 1 aromatic heterocycles. The van der Waals surface area contributed by atoms with E-state index in [2.05, 4.69) is 9.71 Å². The van der Waals surface area contributed by atoms with Crippen LogP contribution in [0.25, 0.3) is 0 Å². The van der Waals surface area contributed by atoms with Gasteiger partial charge in [0.15, 0.2) is 5.03 Å². The van der Waals surface area contributed by atoms with Gasteiger partial charge in [0, 0.05) is 13.2 Å². The lowest BCUT2D eigenvalue weighted by molar-refractivity contribution is 0.0698. The average molecular weight is 330 g/mol. The number of hydrogen-bond acceptors (Lipinski definition) is 4. The number of carbonyl (C=O) groups is 1. The largest absolute Gasteiger partial charge is 0.478 e. The number of carboxylic acids is 1. The number of rotatable bonds is 4. The lowest BCUT2D eigenvalue weighted by Crippen LogP contribution is -2.16. The molecular weight excluding hydrogens is 318 g/mol. The van der Waals surface area contributed by atoms with Crippen LogP contribution in [0.4, 0.5) is 5.69 Å². The van der Waals surface area contributed by atoms with Gasteiger partial charge in [0.25, 0.3) is 10.0 Å². The van der Waals surface area contributed by atoms with Crippen molar-refractivity contribution < 1.29 is 18.3 Å². The highest BCUT2D eigenvalue weighted by Crippen LogP contribution is 2.26. The van der Waals surface area contributed by atoms with Crippen molar-refractivity contribution in [3.05, 3.63) is 40.8 Å². The Labute approximate surface area is 126 Å². The van der Waals surface area contributed by atoms with Gasteiger partial charge in [-0.05, 0) is 19.1 Å². The van der Waals surface area contributed by atoms with Gasteiger partial charge in [-0.1, -0.05) is 17.7 Å². The second kappa shape index (κ2) is 5.38. The van der Waals surface area contributed by atoms with Crippen LogP contribution >= 0.6 is 11.6 Å². The fraction of sp³-hybridized carbons (Fsp3) is 0.167. The molecule has 0 fully saturated rings. The number of aryl methyl sites for hydroxylation is 2. The minimum atomic E-state index is -3.99. The van der Waals surface area contributed by atoms with E-state index in [1.807, 2.05) is 0 Å². The van der Waals surface area contributed by atoms with E-state index in [0.717, 1.165) is 0 Å². The monoisotopic (exact) mass is 329 g/mol. The van der Waals surface area contributed by atoms with Crippen LogP contribution in [0.1, 0.15) is 16.2 Å². The lowest BCUT2D eigenvalue weighted by atomic mass is 10.2. The molecule has 112 valence electrons. The molecule has 0 atom stereocenters. The van der Waals surface area contributed by atoms with Crippen LogP contribution in [0.15, 0.2) is 29.4 Å². The van der Waals surface area contributed by atoms with E-state index in [-0.39, 0.29) is 21.3 Å². The zero-order valence-electron chi connectivity index (χ0n) is 11.2. The Kier molecular flexibility index (Phi) is 3.93. The molecule has 0 unspecified atom stereocenters. The fourth-order valence-corrected chi connectivity index (χ4v) is 3.05. The molecule has 0 aliphatic rings. The topological polar surface area (TPSA) is 101 Å². The molecule has 0 aliphatic carbocycles. The van der Waals surface area contributed by atoms with Crippen LogP contribution < -0.4 is 4.72 Å². The summed E-state index contributed by atoms with van der Waals surface area (Å²) >= 11 is 5.79. The Morgan fingerprint density at radius 3 is 2.62 bits per heavy atom. The number of benzene rings is 1. The van der Waals surface area contributed by atoms with Crippen LogP contribution in [-0.2, 0) is 17.1 Å². The Balaban J connectivity index is 2.47. The summed E-state index contributed by atoms with van der Waals surface area (Å²) < 4.78 is 28.2. The van der Waals surface area contributed by atoms with Crippen LogP contribution in [0.2, 0.25) is 5.02 Å². The second-order valence-corrected chi connectivity index (χ2v) is 6.35. The predicted octanol–water partition coefficient (Wildman–Crippen LogP) is 1.88. The van der Waals surface area contributed by atoms with Gasteiger partial charge in [0.2, 0.25) is 0 Å². The van der Waals surface area contributed by atoms with E-state index < -0.39 is 16.0 Å². The van der Waals surface area contributed by atoms with Crippen molar-refractivity contribution in [2.45, 2.75) is 11.9 Å². The molecule has 2 rings (SSSR count). The number of nitrogens with one attached hydrogen (secondary N) is 1. The SMILES string of the molecule is Cc1nc(S(=O)(=O)Nc2cccc(Cl)c2C(=O)O)cn1C. The molecule has 0 aliphatic heterocycles. The number of carboxylic acid groups (broad SMARTS) is 1. The van der Waals surface area contributed by atoms with Crippen molar-refractivity contribution in [3.63, 3.8) is 0 Å². The van der Waals surface area contributed by atoms with Crippen molar-refractivity contribution in [2.24, 2.45) is 7.05 Å². The first-order valence-corrected chi connectivity index (χ1v) is 7.63. The summed E-state index contributed by atoms with van der Waals surface area (Å²) in [6.45, 7) is 1.65. The molecule has 0 radical (unpaired) electrons. The van der Waals surface area contributed by atoms with Gasteiger partial charge in [0.1, 0.15) is 11.4 Å². The molecule has 0 spiro atoms. The smallest absolute Gasteiger partial charge is 0.339 e. The predicted molar refractivity (Wildman–Crippen MR) is 77.2 cm³/mol. The minimum Gasteiger partial charge on any atom is -0.478 e. The van der Waals surface area contributed by atoms with Gasteiger partial charge in [-0.2, -0.15) is 8.42 Å². The van der Waals surface area contributed by atoms with E-state index >= 15 is 0 Å². The lowest BCUT2D eigenvalue weighted by Gasteiger charge is -2.09. The highest BCUT2D eigenvalue weighted by molar-refractivity contribution is 7.92. The maximum atomic E-state index is 12.2. The zero-order valence-corrected chi connectivity index (χ0v) is 12.7. The first-order valence-electron chi connectivity index (χ1n) is 5.77. The van der Waals surface area contributed by atoms with Gasteiger partial charge in [-0.15, -0.1) is 0 Å². The molecule has 2 N–H and O–H groups in total. The number of sulfonamides is 1. The highest BCUT2D eigenvalue weighted by Gasteiger charge is 2.22. The zero-order chi connectivity index (χ0) is 15.8. The first kappa shape index (κ1) is 15.3. The van der Waals surface area contributed by atoms with Crippen molar-refractivity contribution in [1.82, 2.24) is 9.55 Å². The first-order chi connectivity index (χ1) is 9.72. The molecule has 7 nitrogen and oxygen atoms in total. The van der Waals surface area contributed by atoms with Crippen LogP contribution in [0, 0.1) is 6.92 Å². The summed E-state index contributed by atoms with van der Waals surface area (Å²) in [4.78, 5) is 15.1. The number of imidazole rings is 1. The summed E-state index contributed by atoms with van der Waals surface area (Å²) in [6, 6.07) is 4.15. The van der Waals surface area contributed by atoms with Crippen molar-refractivity contribution in [3.8, 4) is 0 Å². The van der Waals surface area contributed by atoms with Crippen LogP contribution in [0.5, 0.6) is 0 Å². The van der Waals surface area contributed by atoms with E-state index in [9.17, 15) is 13.2 Å². The number of halogens is 1. The van der Waals surface area contributed by atoms with Gasteiger partial charge >= 0.3 is 5.97 Å². The molecule has 9 heteroatoms. The Hall–Kier alpha value is -2.06. The van der Waals surface area contributed by atoms with Gasteiger partial charge in [0.05, 0.1) is 10.7 Å². The third-order valence-electron chi connectivity index (χ3n) is 2.83. The molecule has 1 aromatic carbocycles. The van der Waals surface area contributed by atoms with Crippen molar-refractivity contribution in [1.29, 1.82) is 0 Å². The van der Waals surface area contributed by atoms with Gasteiger partial charge < -0.3 is 9.67 Å². The normalized spacial score (nSPS) is 11.4. The van der Waals surface area contributed by atoms with Gasteiger partial charge in [-0.3, -0.25) is 4.72 Å². The number of nitrogens with zero attached hydrogens (tertiary/aromatic N) is 2. The summed E-state index contributed by atoms with van der Waals surface area (Å²) in [7, 11) is -2.34. The number of aromatic carboxylic acids is 1. The number of hydrogen-bond donors (Lipinski definition) is 2. The molecule has 0 amide bonds. The maximum Gasteiger partial charge on any atom is 0.339 e. The van der Waals surface area contributed by atoms with Crippen LogP contribution in [0.3, 0.4) is 0 Å². The number of anilines is 1. The van der Waals surface area contributed by atoms with E-state index in [4.69, 9.17) is 16.7 Å². The summed E-state index contributed by atoms with van der Waals surface area (Å²) in [5.41, 5.74) is -0.422. The molecule has 1 heterocycles. The Morgan fingerprint density at radius 1 is 1.43 bits per heavy atom. The quantitative estimate of drug-likeness (QED) is 0.891. The van der Waals surface area contributed by atoms with Crippen molar-refractivity contribution >= 4 is 33.3 Å². The number of aromatic nitrogens is 2. The molecule has 0 saturated heterocycles. The van der Waals surface area contributed by atoms with Gasteiger partial charge in [-0.25, -0.2) is 9.78 Å². The Bertz CT molecular complexity index is 794. The highest BCUT2D eigenvalue weighted by atomic mass is 35.5. The summed E-state index contributed by atoms with van der Waals surface area (Å²) in [5, 5.41) is 8.87. The average Bonchev–Trinajstić information content (AvgIpc) is 2.69. The van der Waals surface area contributed by atoms with Crippen molar-refractivity contribution in [2.75, 3.05) is 4.72 Å². The molecule has 21 heavy (non-hydrogen) atoms. The fourth-order valence-electron chi connectivity index (χ4n) is 1.68. The summed E-state index contributed by atoms with van der Waals surface area (Å²) in [6.07, 6.45) is 1.34.